The monoisotopic (exact) mass is 299 g/mol. The first kappa shape index (κ1) is 13.2. The molecule has 3 aromatic rings. The lowest BCUT2D eigenvalue weighted by Gasteiger charge is -2.08. The van der Waals surface area contributed by atoms with Gasteiger partial charge in [-0.15, -0.1) is 10.2 Å². The molecule has 0 saturated carbocycles. The molecule has 104 valence electrons. The van der Waals surface area contributed by atoms with Crippen LogP contribution in [0.2, 0.25) is 0 Å². The first-order chi connectivity index (χ1) is 10.0. The fourth-order valence-electron chi connectivity index (χ4n) is 2.00. The van der Waals surface area contributed by atoms with E-state index in [-0.39, 0.29) is 16.4 Å². The Hall–Kier alpha value is -2.79. The molecule has 2 aromatic heterocycles. The minimum Gasteiger partial charge on any atom is -0.274 e. The maximum absolute atomic E-state index is 11.9. The van der Waals surface area contributed by atoms with Crippen molar-refractivity contribution in [2.45, 2.75) is 5.03 Å². The highest BCUT2D eigenvalue weighted by atomic mass is 32.2. The number of sulfone groups is 1. The smallest absolute Gasteiger partial charge is 0.267 e. The summed E-state index contributed by atoms with van der Waals surface area (Å²) >= 11 is 0. The lowest BCUT2D eigenvalue weighted by Crippen LogP contribution is -2.06. The average Bonchev–Trinajstić information content (AvgIpc) is 2.94. The lowest BCUT2D eigenvalue weighted by atomic mass is 10.2. The number of rotatable bonds is 2. The molecule has 7 nitrogen and oxygen atoms in total. The highest BCUT2D eigenvalue weighted by Crippen LogP contribution is 2.30. The second-order valence-electron chi connectivity index (χ2n) is 4.36. The molecule has 0 bridgehead atoms. The van der Waals surface area contributed by atoms with Gasteiger partial charge in [0.05, 0.1) is 6.57 Å². The molecule has 21 heavy (non-hydrogen) atoms. The van der Waals surface area contributed by atoms with E-state index in [1.807, 2.05) is 18.2 Å². The van der Waals surface area contributed by atoms with Gasteiger partial charge in [-0.3, -0.25) is 4.40 Å². The zero-order chi connectivity index (χ0) is 15.0. The number of hydrogen-bond donors (Lipinski definition) is 0. The minimum atomic E-state index is -3.65. The number of nitrogens with zero attached hydrogens (tertiary/aromatic N) is 5. The molecule has 0 radical (unpaired) electrons. The Labute approximate surface area is 120 Å². The second kappa shape index (κ2) is 4.64. The Morgan fingerprint density at radius 1 is 1.24 bits per heavy atom. The van der Waals surface area contributed by atoms with Gasteiger partial charge < -0.3 is 0 Å². The fraction of sp³-hybridized carbons (Fsp3) is 0.0769. The van der Waals surface area contributed by atoms with Crippen LogP contribution in [-0.4, -0.2) is 34.3 Å². The van der Waals surface area contributed by atoms with Crippen molar-refractivity contribution in [3.05, 3.63) is 48.1 Å². The van der Waals surface area contributed by atoms with E-state index in [4.69, 9.17) is 6.57 Å². The molecular weight excluding hydrogens is 290 g/mol. The molecule has 0 N–H and O–H groups in total. The molecule has 0 fully saturated rings. The molecule has 0 atom stereocenters. The molecule has 0 unspecified atom stereocenters. The van der Waals surface area contributed by atoms with E-state index >= 15 is 0 Å². The van der Waals surface area contributed by atoms with Gasteiger partial charge in [0.25, 0.3) is 5.69 Å². The van der Waals surface area contributed by atoms with Crippen LogP contribution in [0.15, 0.2) is 41.7 Å². The van der Waals surface area contributed by atoms with Crippen LogP contribution in [0.3, 0.4) is 0 Å². The summed E-state index contributed by atoms with van der Waals surface area (Å²) in [6, 6.07) is 9.07. The van der Waals surface area contributed by atoms with Crippen LogP contribution in [0.25, 0.3) is 21.9 Å². The first-order valence-corrected chi connectivity index (χ1v) is 7.78. The zero-order valence-electron chi connectivity index (χ0n) is 10.9. The third kappa shape index (κ3) is 2.13. The van der Waals surface area contributed by atoms with Crippen molar-refractivity contribution in [2.75, 3.05) is 6.26 Å². The summed E-state index contributed by atoms with van der Waals surface area (Å²) in [6.45, 7) is 7.20. The van der Waals surface area contributed by atoms with E-state index in [2.05, 4.69) is 20.0 Å². The number of aromatic nitrogens is 4. The summed E-state index contributed by atoms with van der Waals surface area (Å²) in [5, 5.41) is 7.32. The Morgan fingerprint density at radius 2 is 1.95 bits per heavy atom. The standard InChI is InChI=1S/C13H9N5O2S/c1-14-10-12-17-15-8-18(12)11(9-6-4-3-5-7-9)16-13(10)21(2,19)20/h3-8H,2H3. The second-order valence-corrected chi connectivity index (χ2v) is 6.29. The van der Waals surface area contributed by atoms with E-state index in [0.717, 1.165) is 6.26 Å². The van der Waals surface area contributed by atoms with Crippen LogP contribution in [-0.2, 0) is 9.84 Å². The molecule has 0 amide bonds. The van der Waals surface area contributed by atoms with Crippen LogP contribution in [0.1, 0.15) is 0 Å². The van der Waals surface area contributed by atoms with Crippen molar-refractivity contribution in [2.24, 2.45) is 0 Å². The zero-order valence-corrected chi connectivity index (χ0v) is 11.7. The molecule has 0 aliphatic rings. The van der Waals surface area contributed by atoms with Crippen LogP contribution < -0.4 is 0 Å². The lowest BCUT2D eigenvalue weighted by molar-refractivity contribution is 0.598. The Kier molecular flexibility index (Phi) is 2.92. The average molecular weight is 299 g/mol. The molecule has 0 saturated heterocycles. The molecule has 1 aromatic carbocycles. The Morgan fingerprint density at radius 3 is 2.57 bits per heavy atom. The molecular formula is C13H9N5O2S. The van der Waals surface area contributed by atoms with Crippen molar-refractivity contribution in [1.82, 2.24) is 19.6 Å². The van der Waals surface area contributed by atoms with Gasteiger partial charge in [0.1, 0.15) is 12.2 Å². The topological polar surface area (TPSA) is 81.6 Å². The van der Waals surface area contributed by atoms with E-state index in [1.165, 1.54) is 10.7 Å². The van der Waals surface area contributed by atoms with Gasteiger partial charge in [0, 0.05) is 11.8 Å². The highest BCUT2D eigenvalue weighted by Gasteiger charge is 2.23. The van der Waals surface area contributed by atoms with Crippen molar-refractivity contribution >= 4 is 21.2 Å². The summed E-state index contributed by atoms with van der Waals surface area (Å²) in [4.78, 5) is 7.42. The maximum atomic E-state index is 11.9. The van der Waals surface area contributed by atoms with Gasteiger partial charge in [-0.25, -0.2) is 18.2 Å². The largest absolute Gasteiger partial charge is 0.274 e. The van der Waals surface area contributed by atoms with Crippen molar-refractivity contribution in [1.29, 1.82) is 0 Å². The third-order valence-corrected chi connectivity index (χ3v) is 3.88. The van der Waals surface area contributed by atoms with Gasteiger partial charge in [-0.05, 0) is 0 Å². The summed E-state index contributed by atoms with van der Waals surface area (Å²) in [5.41, 5.74) is 0.776. The van der Waals surface area contributed by atoms with E-state index in [1.54, 1.807) is 12.1 Å². The molecule has 2 heterocycles. The van der Waals surface area contributed by atoms with Gasteiger partial charge in [0.2, 0.25) is 0 Å². The van der Waals surface area contributed by atoms with Crippen molar-refractivity contribution < 1.29 is 8.42 Å². The quantitative estimate of drug-likeness (QED) is 0.532. The van der Waals surface area contributed by atoms with Crippen LogP contribution in [0.4, 0.5) is 5.69 Å². The maximum Gasteiger partial charge on any atom is 0.267 e. The SMILES string of the molecule is [C-]#[N+]c1c(S(C)(=O)=O)nc(-c2ccccc2)n2cnnc12. The van der Waals surface area contributed by atoms with Crippen LogP contribution >= 0.6 is 0 Å². The molecule has 8 heteroatoms. The summed E-state index contributed by atoms with van der Waals surface area (Å²) in [7, 11) is -3.65. The van der Waals surface area contributed by atoms with Gasteiger partial charge in [0.15, 0.2) is 20.5 Å². The van der Waals surface area contributed by atoms with Gasteiger partial charge in [-0.2, -0.15) is 0 Å². The summed E-state index contributed by atoms with van der Waals surface area (Å²) < 4.78 is 25.3. The predicted octanol–water partition coefficient (Wildman–Crippen LogP) is 1.75. The first-order valence-electron chi connectivity index (χ1n) is 5.89. The number of benzene rings is 1. The summed E-state index contributed by atoms with van der Waals surface area (Å²) in [6.07, 6.45) is 2.43. The third-order valence-electron chi connectivity index (χ3n) is 2.89. The normalized spacial score (nSPS) is 11.4. The molecule has 0 aliphatic heterocycles. The van der Waals surface area contributed by atoms with Gasteiger partial charge in [-0.1, -0.05) is 30.3 Å². The highest BCUT2D eigenvalue weighted by molar-refractivity contribution is 7.90. The van der Waals surface area contributed by atoms with Crippen LogP contribution in [0, 0.1) is 6.57 Å². The molecule has 0 spiro atoms. The van der Waals surface area contributed by atoms with E-state index in [0.29, 0.717) is 11.4 Å². The van der Waals surface area contributed by atoms with Crippen molar-refractivity contribution in [3.63, 3.8) is 0 Å². The van der Waals surface area contributed by atoms with Crippen LogP contribution in [0.5, 0.6) is 0 Å². The predicted molar refractivity (Wildman–Crippen MR) is 75.6 cm³/mol. The Bertz CT molecular complexity index is 971. The van der Waals surface area contributed by atoms with Gasteiger partial charge >= 0.3 is 0 Å². The molecule has 3 rings (SSSR count). The molecule has 0 aliphatic carbocycles. The summed E-state index contributed by atoms with van der Waals surface area (Å²) in [5.74, 6) is 0.378. The Balaban J connectivity index is 2.48. The number of fused-ring (bicyclic) bond motifs is 1. The number of hydrogen-bond acceptors (Lipinski definition) is 5. The van der Waals surface area contributed by atoms with Crippen molar-refractivity contribution in [3.8, 4) is 11.4 Å². The van der Waals surface area contributed by atoms with E-state index < -0.39 is 9.84 Å². The van der Waals surface area contributed by atoms with E-state index in [9.17, 15) is 8.42 Å². The fourth-order valence-corrected chi connectivity index (χ4v) is 2.74. The minimum absolute atomic E-state index is 0.116.